The van der Waals surface area contributed by atoms with Crippen molar-refractivity contribution in [1.29, 1.82) is 0 Å². The molecule has 98 valence electrons. The van der Waals surface area contributed by atoms with Crippen molar-refractivity contribution in [3.63, 3.8) is 0 Å². The maximum absolute atomic E-state index is 5.27. The molecule has 2 N–H and O–H groups in total. The summed E-state index contributed by atoms with van der Waals surface area (Å²) in [5, 5.41) is 6.94. The van der Waals surface area contributed by atoms with Crippen molar-refractivity contribution >= 4 is 54.9 Å². The van der Waals surface area contributed by atoms with Crippen LogP contribution in [0.3, 0.4) is 0 Å². The van der Waals surface area contributed by atoms with Gasteiger partial charge < -0.3 is 10.6 Å². The van der Waals surface area contributed by atoms with E-state index in [2.05, 4.69) is 54.6 Å². The predicted octanol–water partition coefficient (Wildman–Crippen LogP) is 4.70. The van der Waals surface area contributed by atoms with E-state index >= 15 is 0 Å². The van der Waals surface area contributed by atoms with Crippen molar-refractivity contribution in [2.75, 3.05) is 5.32 Å². The third-order valence-corrected chi connectivity index (χ3v) is 3.87. The van der Waals surface area contributed by atoms with Gasteiger partial charge in [-0.3, -0.25) is 0 Å². The largest absolute Gasteiger partial charge is 0.358 e. The second kappa shape index (κ2) is 7.03. The molecule has 0 aliphatic heterocycles. The summed E-state index contributed by atoms with van der Waals surface area (Å²) in [5.74, 6) is 0. The van der Waals surface area contributed by atoms with Crippen LogP contribution in [0.5, 0.6) is 0 Å². The third-order valence-electron chi connectivity index (χ3n) is 2.48. The van der Waals surface area contributed by atoms with Crippen molar-refractivity contribution in [2.24, 2.45) is 0 Å². The van der Waals surface area contributed by atoms with E-state index in [-0.39, 0.29) is 0 Å². The van der Waals surface area contributed by atoms with Crippen LogP contribution < -0.4 is 10.6 Å². The molecule has 0 aromatic heterocycles. The van der Waals surface area contributed by atoms with Crippen LogP contribution in [0.2, 0.25) is 0 Å². The van der Waals surface area contributed by atoms with Gasteiger partial charge in [-0.05, 0) is 51.9 Å². The van der Waals surface area contributed by atoms with E-state index in [0.29, 0.717) is 11.7 Å². The number of hydrogen-bond donors (Lipinski definition) is 2. The number of anilines is 1. The van der Waals surface area contributed by atoms with Crippen molar-refractivity contribution < 1.29 is 0 Å². The molecule has 19 heavy (non-hydrogen) atoms. The lowest BCUT2D eigenvalue weighted by Gasteiger charge is -2.12. The summed E-state index contributed by atoms with van der Waals surface area (Å²) < 4.78 is 1.99. The minimum absolute atomic E-state index is 0.604. The molecule has 5 heteroatoms. The lowest BCUT2D eigenvalue weighted by Crippen LogP contribution is -2.27. The highest BCUT2D eigenvalue weighted by Gasteiger charge is 2.02. The van der Waals surface area contributed by atoms with Gasteiger partial charge in [-0.2, -0.15) is 0 Å². The Morgan fingerprint density at radius 2 is 1.79 bits per heavy atom. The molecule has 0 spiro atoms. The van der Waals surface area contributed by atoms with Crippen LogP contribution in [-0.4, -0.2) is 5.11 Å². The Labute approximate surface area is 134 Å². The number of nitrogens with one attached hydrogen (secondary N) is 2. The van der Waals surface area contributed by atoms with Crippen LogP contribution in [0.4, 0.5) is 5.69 Å². The Hall–Kier alpha value is -0.910. The van der Waals surface area contributed by atoms with Crippen LogP contribution in [0, 0.1) is 0 Å². The van der Waals surface area contributed by atoms with E-state index in [9.17, 15) is 0 Å². The van der Waals surface area contributed by atoms with Gasteiger partial charge in [0.15, 0.2) is 5.11 Å². The highest BCUT2D eigenvalue weighted by atomic mass is 79.9. The topological polar surface area (TPSA) is 24.1 Å². The highest BCUT2D eigenvalue weighted by Crippen LogP contribution is 2.25. The lowest BCUT2D eigenvalue weighted by atomic mass is 10.2. The van der Waals surface area contributed by atoms with Crippen molar-refractivity contribution in [1.82, 2.24) is 5.32 Å². The molecule has 2 aromatic carbocycles. The number of benzene rings is 2. The van der Waals surface area contributed by atoms with E-state index in [4.69, 9.17) is 12.2 Å². The van der Waals surface area contributed by atoms with Gasteiger partial charge in [-0.15, -0.1) is 0 Å². The van der Waals surface area contributed by atoms with Gasteiger partial charge in [0, 0.05) is 15.5 Å². The fourth-order valence-electron chi connectivity index (χ4n) is 1.54. The molecular formula is C14H12Br2N2S. The summed E-state index contributed by atoms with van der Waals surface area (Å²) in [6.07, 6.45) is 0. The predicted molar refractivity (Wildman–Crippen MR) is 91.3 cm³/mol. The highest BCUT2D eigenvalue weighted by molar-refractivity contribution is 9.11. The van der Waals surface area contributed by atoms with Crippen molar-refractivity contribution in [3.8, 4) is 0 Å². The minimum atomic E-state index is 0.604. The van der Waals surface area contributed by atoms with Crippen LogP contribution in [0.25, 0.3) is 0 Å². The molecule has 0 aliphatic carbocycles. The van der Waals surface area contributed by atoms with Crippen LogP contribution in [-0.2, 0) is 6.54 Å². The zero-order valence-corrected chi connectivity index (χ0v) is 14.0. The normalized spacial score (nSPS) is 10.0. The standard InChI is InChI=1S/C14H12Br2N2S/c15-11-6-7-13(12(16)8-11)18-14(19)17-9-10-4-2-1-3-5-10/h1-8H,9H2,(H2,17,18,19). The Kier molecular flexibility index (Phi) is 5.36. The molecule has 2 rings (SSSR count). The SMILES string of the molecule is S=C(NCc1ccccc1)Nc1ccc(Br)cc1Br. The summed E-state index contributed by atoms with van der Waals surface area (Å²) in [7, 11) is 0. The maximum Gasteiger partial charge on any atom is 0.171 e. The van der Waals surface area contributed by atoms with E-state index in [1.54, 1.807) is 0 Å². The third kappa shape index (κ3) is 4.60. The van der Waals surface area contributed by atoms with E-state index in [1.807, 2.05) is 36.4 Å². The van der Waals surface area contributed by atoms with E-state index < -0.39 is 0 Å². The first kappa shape index (κ1) is 14.5. The first-order valence-electron chi connectivity index (χ1n) is 5.69. The number of halogens is 2. The first-order valence-corrected chi connectivity index (χ1v) is 7.68. The number of rotatable bonds is 3. The van der Waals surface area contributed by atoms with Gasteiger partial charge in [0.25, 0.3) is 0 Å². The van der Waals surface area contributed by atoms with Gasteiger partial charge in [-0.1, -0.05) is 46.3 Å². The quantitative estimate of drug-likeness (QED) is 0.731. The molecule has 0 aliphatic rings. The maximum atomic E-state index is 5.27. The molecule has 2 nitrogen and oxygen atoms in total. The molecule has 0 unspecified atom stereocenters. The summed E-state index contributed by atoms with van der Waals surface area (Å²) >= 11 is 12.2. The molecule has 0 saturated carbocycles. The second-order valence-corrected chi connectivity index (χ2v) is 6.10. The van der Waals surface area contributed by atoms with Gasteiger partial charge in [0.1, 0.15) is 0 Å². The molecule has 0 amide bonds. The van der Waals surface area contributed by atoms with Gasteiger partial charge in [0.2, 0.25) is 0 Å². The van der Waals surface area contributed by atoms with Crippen LogP contribution in [0.1, 0.15) is 5.56 Å². The molecule has 0 fully saturated rings. The van der Waals surface area contributed by atoms with Gasteiger partial charge >= 0.3 is 0 Å². The number of hydrogen-bond acceptors (Lipinski definition) is 1. The fraction of sp³-hybridized carbons (Fsp3) is 0.0714. The van der Waals surface area contributed by atoms with Crippen LogP contribution >= 0.6 is 44.1 Å². The van der Waals surface area contributed by atoms with E-state index in [0.717, 1.165) is 14.6 Å². The molecule has 0 heterocycles. The second-order valence-electron chi connectivity index (χ2n) is 3.92. The van der Waals surface area contributed by atoms with Crippen LogP contribution in [0.15, 0.2) is 57.5 Å². The zero-order valence-electron chi connectivity index (χ0n) is 9.99. The van der Waals surface area contributed by atoms with Gasteiger partial charge in [0.05, 0.1) is 5.69 Å². The summed E-state index contributed by atoms with van der Waals surface area (Å²) in [5.41, 5.74) is 2.13. The summed E-state index contributed by atoms with van der Waals surface area (Å²) in [4.78, 5) is 0. The molecular weight excluding hydrogens is 388 g/mol. The van der Waals surface area contributed by atoms with Crippen molar-refractivity contribution in [2.45, 2.75) is 6.54 Å². The molecule has 0 bridgehead atoms. The molecule has 0 saturated heterocycles. The summed E-state index contributed by atoms with van der Waals surface area (Å²) in [6, 6.07) is 16.0. The monoisotopic (exact) mass is 398 g/mol. The molecule has 2 aromatic rings. The molecule has 0 atom stereocenters. The summed E-state index contributed by atoms with van der Waals surface area (Å²) in [6.45, 7) is 0.709. The fourth-order valence-corrected chi connectivity index (χ4v) is 2.86. The smallest absolute Gasteiger partial charge is 0.171 e. The first-order chi connectivity index (χ1) is 9.15. The van der Waals surface area contributed by atoms with Gasteiger partial charge in [-0.25, -0.2) is 0 Å². The Bertz CT molecular complexity index is 573. The minimum Gasteiger partial charge on any atom is -0.358 e. The Balaban J connectivity index is 1.91. The lowest BCUT2D eigenvalue weighted by molar-refractivity contribution is 0.926. The Morgan fingerprint density at radius 1 is 1.05 bits per heavy atom. The zero-order chi connectivity index (χ0) is 13.7. The Morgan fingerprint density at radius 3 is 2.47 bits per heavy atom. The number of thiocarbonyl (C=S) groups is 1. The van der Waals surface area contributed by atoms with Crippen molar-refractivity contribution in [3.05, 3.63) is 63.0 Å². The average molecular weight is 400 g/mol. The average Bonchev–Trinajstić information content (AvgIpc) is 2.41. The molecule has 0 radical (unpaired) electrons. The van der Waals surface area contributed by atoms with E-state index in [1.165, 1.54) is 5.56 Å².